The van der Waals surface area contributed by atoms with Gasteiger partial charge in [0.05, 0.1) is 12.9 Å². The average Bonchev–Trinajstić information content (AvgIpc) is 2.79. The van der Waals surface area contributed by atoms with Crippen LogP contribution < -0.4 is 9.80 Å². The van der Waals surface area contributed by atoms with Crippen molar-refractivity contribution in [1.82, 2.24) is 4.31 Å². The van der Waals surface area contributed by atoms with Gasteiger partial charge in [-0.05, 0) is 42.0 Å². The van der Waals surface area contributed by atoms with E-state index in [2.05, 4.69) is 37.9 Å². The zero-order chi connectivity index (χ0) is 22.0. The molecule has 0 aromatic heterocycles. The van der Waals surface area contributed by atoms with Gasteiger partial charge in [0.25, 0.3) is 0 Å². The van der Waals surface area contributed by atoms with Gasteiger partial charge in [0, 0.05) is 35.0 Å². The quantitative estimate of drug-likeness (QED) is 0.497. The lowest BCUT2D eigenvalue weighted by molar-refractivity contribution is 0.514. The zero-order valence-electron chi connectivity index (χ0n) is 17.4. The summed E-state index contributed by atoms with van der Waals surface area (Å²) in [4.78, 5) is 4.32. The molecule has 0 spiro atoms. The molecule has 0 radical (unpaired) electrons. The van der Waals surface area contributed by atoms with Crippen LogP contribution in [0.25, 0.3) is 5.57 Å². The van der Waals surface area contributed by atoms with Gasteiger partial charge in [-0.1, -0.05) is 64.5 Å². The second kappa shape index (κ2) is 8.77. The van der Waals surface area contributed by atoms with Crippen LogP contribution in [0.5, 0.6) is 0 Å². The highest BCUT2D eigenvalue weighted by atomic mass is 79.9. The van der Waals surface area contributed by atoms with E-state index in [4.69, 9.17) is 0 Å². The Labute approximate surface area is 192 Å². The Morgan fingerprint density at radius 3 is 1.94 bits per heavy atom. The van der Waals surface area contributed by atoms with Gasteiger partial charge in [-0.2, -0.15) is 0 Å². The largest absolute Gasteiger partial charge is 0.349 e. The first-order valence-electron chi connectivity index (χ1n) is 9.90. The van der Waals surface area contributed by atoms with Crippen LogP contribution in [-0.2, 0) is 10.0 Å². The van der Waals surface area contributed by atoms with Crippen LogP contribution in [0.1, 0.15) is 5.56 Å². The van der Waals surface area contributed by atoms with E-state index in [-0.39, 0.29) is 0 Å². The smallest absolute Gasteiger partial charge is 0.233 e. The summed E-state index contributed by atoms with van der Waals surface area (Å²) >= 11 is 3.50. The Balaban J connectivity index is 1.94. The van der Waals surface area contributed by atoms with Crippen molar-refractivity contribution < 1.29 is 8.42 Å². The lowest BCUT2D eigenvalue weighted by Crippen LogP contribution is -2.49. The summed E-state index contributed by atoms with van der Waals surface area (Å²) in [6.07, 6.45) is 1.24. The van der Waals surface area contributed by atoms with Crippen molar-refractivity contribution in [2.45, 2.75) is 0 Å². The molecule has 31 heavy (non-hydrogen) atoms. The SMILES string of the molecule is CN(C1=C(c2ccc(Br)cc2)CN(c2ccccc2)CN1c1ccccc1)S(C)(=O)=O. The number of anilines is 2. The zero-order valence-corrected chi connectivity index (χ0v) is 19.8. The standard InChI is InChI=1S/C24H24BrN3O2S/c1-26(31(2,29)30)24-23(19-13-15-20(25)16-14-19)17-27(21-9-5-3-6-10-21)18-28(24)22-11-7-4-8-12-22/h3-16H,17-18H2,1-2H3. The summed E-state index contributed by atoms with van der Waals surface area (Å²) in [5, 5.41) is 0. The molecule has 0 bridgehead atoms. The fourth-order valence-electron chi connectivity index (χ4n) is 3.72. The van der Waals surface area contributed by atoms with Crippen molar-refractivity contribution >= 4 is 42.9 Å². The van der Waals surface area contributed by atoms with Gasteiger partial charge >= 0.3 is 0 Å². The molecule has 0 saturated carbocycles. The van der Waals surface area contributed by atoms with Crippen LogP contribution in [0, 0.1) is 0 Å². The monoisotopic (exact) mass is 497 g/mol. The molecule has 0 aliphatic carbocycles. The first-order valence-corrected chi connectivity index (χ1v) is 12.5. The number of hydrogen-bond acceptors (Lipinski definition) is 4. The van der Waals surface area contributed by atoms with Crippen LogP contribution in [0.15, 0.2) is 95.2 Å². The number of sulfonamides is 1. The highest BCUT2D eigenvalue weighted by Gasteiger charge is 2.32. The third-order valence-electron chi connectivity index (χ3n) is 5.36. The lowest BCUT2D eigenvalue weighted by Gasteiger charge is -2.43. The van der Waals surface area contributed by atoms with Crippen molar-refractivity contribution in [3.63, 3.8) is 0 Å². The third-order valence-corrected chi connectivity index (χ3v) is 7.06. The number of nitrogens with zero attached hydrogens (tertiary/aromatic N) is 3. The highest BCUT2D eigenvalue weighted by molar-refractivity contribution is 9.10. The first-order chi connectivity index (χ1) is 14.8. The maximum atomic E-state index is 12.6. The van der Waals surface area contributed by atoms with E-state index in [9.17, 15) is 8.42 Å². The molecule has 0 atom stereocenters. The topological polar surface area (TPSA) is 43.9 Å². The van der Waals surface area contributed by atoms with Crippen LogP contribution in [-0.4, -0.2) is 39.2 Å². The minimum atomic E-state index is -3.47. The second-order valence-corrected chi connectivity index (χ2v) is 10.4. The van der Waals surface area contributed by atoms with Gasteiger partial charge in [-0.15, -0.1) is 0 Å². The Hall–Kier alpha value is -2.77. The number of hydrogen-bond donors (Lipinski definition) is 0. The number of rotatable bonds is 5. The maximum Gasteiger partial charge on any atom is 0.233 e. The predicted octanol–water partition coefficient (Wildman–Crippen LogP) is 4.99. The average molecular weight is 498 g/mol. The van der Waals surface area contributed by atoms with Crippen LogP contribution in [0.2, 0.25) is 0 Å². The summed E-state index contributed by atoms with van der Waals surface area (Å²) in [7, 11) is -1.85. The molecule has 3 aromatic rings. The molecule has 4 rings (SSSR count). The summed E-state index contributed by atoms with van der Waals surface area (Å²) in [5.41, 5.74) is 3.94. The summed E-state index contributed by atoms with van der Waals surface area (Å²) in [6, 6.07) is 28.1. The van der Waals surface area contributed by atoms with Crippen LogP contribution in [0.3, 0.4) is 0 Å². The van der Waals surface area contributed by atoms with E-state index in [1.165, 1.54) is 10.6 Å². The Bertz CT molecular complexity index is 1180. The highest BCUT2D eigenvalue weighted by Crippen LogP contribution is 2.35. The van der Waals surface area contributed by atoms with Crippen molar-refractivity contribution in [1.29, 1.82) is 0 Å². The predicted molar refractivity (Wildman–Crippen MR) is 131 cm³/mol. The molecule has 3 aromatic carbocycles. The van der Waals surface area contributed by atoms with E-state index in [1.807, 2.05) is 72.8 Å². The van der Waals surface area contributed by atoms with E-state index in [0.29, 0.717) is 19.0 Å². The molecule has 0 amide bonds. The van der Waals surface area contributed by atoms with Gasteiger partial charge in [0.1, 0.15) is 5.82 Å². The van der Waals surface area contributed by atoms with E-state index < -0.39 is 10.0 Å². The van der Waals surface area contributed by atoms with Gasteiger partial charge in [0.15, 0.2) is 0 Å². The molecular weight excluding hydrogens is 474 g/mol. The van der Waals surface area contributed by atoms with Crippen molar-refractivity contribution in [2.24, 2.45) is 0 Å². The van der Waals surface area contributed by atoms with Gasteiger partial charge in [-0.3, -0.25) is 4.31 Å². The molecule has 160 valence electrons. The molecule has 0 fully saturated rings. The van der Waals surface area contributed by atoms with Crippen molar-refractivity contribution in [3.05, 3.63) is 101 Å². The van der Waals surface area contributed by atoms with Crippen LogP contribution >= 0.6 is 15.9 Å². The van der Waals surface area contributed by atoms with Gasteiger partial charge < -0.3 is 9.80 Å². The Kier molecular flexibility index (Phi) is 6.07. The fourth-order valence-corrected chi connectivity index (χ4v) is 4.51. The normalized spacial score (nSPS) is 14.7. The summed E-state index contributed by atoms with van der Waals surface area (Å²) in [6.45, 7) is 1.12. The molecule has 1 aliphatic rings. The maximum absolute atomic E-state index is 12.6. The fraction of sp³-hybridized carbons (Fsp3) is 0.167. The Morgan fingerprint density at radius 1 is 0.839 bits per heavy atom. The van der Waals surface area contributed by atoms with Crippen molar-refractivity contribution in [2.75, 3.05) is 36.3 Å². The van der Waals surface area contributed by atoms with E-state index in [1.54, 1.807) is 7.05 Å². The molecule has 1 heterocycles. The van der Waals surface area contributed by atoms with Gasteiger partial charge in [-0.25, -0.2) is 8.42 Å². The Morgan fingerprint density at radius 2 is 1.39 bits per heavy atom. The summed E-state index contributed by atoms with van der Waals surface area (Å²) in [5.74, 6) is 0.670. The molecular formula is C24H24BrN3O2S. The minimum Gasteiger partial charge on any atom is -0.349 e. The van der Waals surface area contributed by atoms with Crippen LogP contribution in [0.4, 0.5) is 11.4 Å². The molecule has 0 unspecified atom stereocenters. The summed E-state index contributed by atoms with van der Waals surface area (Å²) < 4.78 is 27.6. The molecule has 0 saturated heterocycles. The minimum absolute atomic E-state index is 0.531. The van der Waals surface area contributed by atoms with E-state index >= 15 is 0 Å². The lowest BCUT2D eigenvalue weighted by atomic mass is 10.0. The molecule has 0 N–H and O–H groups in total. The molecule has 5 nitrogen and oxygen atoms in total. The van der Waals surface area contributed by atoms with E-state index in [0.717, 1.165) is 27.0 Å². The van der Waals surface area contributed by atoms with Gasteiger partial charge in [0.2, 0.25) is 10.0 Å². The first kappa shape index (κ1) is 21.5. The number of benzene rings is 3. The third kappa shape index (κ3) is 4.62. The molecule has 7 heteroatoms. The second-order valence-electron chi connectivity index (χ2n) is 7.48. The number of para-hydroxylation sites is 2. The molecule has 1 aliphatic heterocycles. The van der Waals surface area contributed by atoms with Crippen molar-refractivity contribution in [3.8, 4) is 0 Å². The number of halogens is 1.